The van der Waals surface area contributed by atoms with Gasteiger partial charge >= 0.3 is 0 Å². The predicted molar refractivity (Wildman–Crippen MR) is 58.8 cm³/mol. The van der Waals surface area contributed by atoms with Crippen molar-refractivity contribution in [3.63, 3.8) is 0 Å². The standard InChI is InChI=1S/C12H24O/c1-4-5-6-7-8-9-12(13)10-11(2)3/h10,12-13H,4-9H2,1-3H3. The van der Waals surface area contributed by atoms with Gasteiger partial charge in [-0.05, 0) is 20.3 Å². The SMILES string of the molecule is CCCCCCCC(O)C=C(C)C. The molecular weight excluding hydrogens is 160 g/mol. The zero-order valence-corrected chi connectivity index (χ0v) is 9.34. The Morgan fingerprint density at radius 1 is 1.15 bits per heavy atom. The zero-order valence-electron chi connectivity index (χ0n) is 9.34. The molecule has 0 fully saturated rings. The number of allylic oxidation sites excluding steroid dienone is 1. The zero-order chi connectivity index (χ0) is 10.1. The van der Waals surface area contributed by atoms with Crippen LogP contribution in [-0.4, -0.2) is 11.2 Å². The Kier molecular flexibility index (Phi) is 8.11. The van der Waals surface area contributed by atoms with Crippen molar-refractivity contribution in [3.05, 3.63) is 11.6 Å². The number of aliphatic hydroxyl groups excluding tert-OH is 1. The van der Waals surface area contributed by atoms with Crippen molar-refractivity contribution in [2.75, 3.05) is 0 Å². The average Bonchev–Trinajstić information content (AvgIpc) is 2.02. The summed E-state index contributed by atoms with van der Waals surface area (Å²) in [5.74, 6) is 0. The van der Waals surface area contributed by atoms with Crippen LogP contribution in [-0.2, 0) is 0 Å². The van der Waals surface area contributed by atoms with Crippen molar-refractivity contribution in [1.82, 2.24) is 0 Å². The lowest BCUT2D eigenvalue weighted by Crippen LogP contribution is -2.02. The van der Waals surface area contributed by atoms with E-state index >= 15 is 0 Å². The van der Waals surface area contributed by atoms with Crippen molar-refractivity contribution in [2.45, 2.75) is 65.4 Å². The summed E-state index contributed by atoms with van der Waals surface area (Å²) in [5, 5.41) is 9.50. The fourth-order valence-electron chi connectivity index (χ4n) is 1.43. The van der Waals surface area contributed by atoms with E-state index in [0.717, 1.165) is 12.8 Å². The van der Waals surface area contributed by atoms with Gasteiger partial charge in [0.25, 0.3) is 0 Å². The fourth-order valence-corrected chi connectivity index (χ4v) is 1.43. The first-order valence-electron chi connectivity index (χ1n) is 5.50. The molecule has 0 rings (SSSR count). The van der Waals surface area contributed by atoms with Gasteiger partial charge in [-0.1, -0.05) is 50.7 Å². The second-order valence-electron chi connectivity index (χ2n) is 4.01. The van der Waals surface area contributed by atoms with E-state index in [2.05, 4.69) is 6.92 Å². The number of rotatable bonds is 7. The van der Waals surface area contributed by atoms with Crippen LogP contribution in [0.3, 0.4) is 0 Å². The van der Waals surface area contributed by atoms with E-state index < -0.39 is 0 Å². The van der Waals surface area contributed by atoms with Crippen LogP contribution in [0.15, 0.2) is 11.6 Å². The van der Waals surface area contributed by atoms with Crippen molar-refractivity contribution < 1.29 is 5.11 Å². The van der Waals surface area contributed by atoms with Gasteiger partial charge < -0.3 is 5.11 Å². The minimum atomic E-state index is -0.216. The summed E-state index contributed by atoms with van der Waals surface area (Å²) in [6.07, 6.45) is 9.01. The van der Waals surface area contributed by atoms with E-state index in [0.29, 0.717) is 0 Å². The van der Waals surface area contributed by atoms with Crippen LogP contribution in [0.1, 0.15) is 59.3 Å². The van der Waals surface area contributed by atoms with E-state index in [1.807, 2.05) is 19.9 Å². The smallest absolute Gasteiger partial charge is 0.0723 e. The largest absolute Gasteiger partial charge is 0.389 e. The van der Waals surface area contributed by atoms with Gasteiger partial charge in [-0.15, -0.1) is 0 Å². The van der Waals surface area contributed by atoms with Crippen LogP contribution in [0.2, 0.25) is 0 Å². The molecular formula is C12H24O. The first kappa shape index (κ1) is 12.7. The average molecular weight is 184 g/mol. The molecule has 0 aromatic carbocycles. The summed E-state index contributed by atoms with van der Waals surface area (Å²) in [4.78, 5) is 0. The minimum absolute atomic E-state index is 0.216. The Hall–Kier alpha value is -0.300. The highest BCUT2D eigenvalue weighted by Crippen LogP contribution is 2.08. The van der Waals surface area contributed by atoms with Crippen LogP contribution in [0.5, 0.6) is 0 Å². The van der Waals surface area contributed by atoms with Crippen molar-refractivity contribution in [2.24, 2.45) is 0 Å². The van der Waals surface area contributed by atoms with Crippen LogP contribution in [0.4, 0.5) is 0 Å². The number of aliphatic hydroxyl groups is 1. The molecule has 1 nitrogen and oxygen atoms in total. The predicted octanol–water partition coefficient (Wildman–Crippen LogP) is 3.67. The van der Waals surface area contributed by atoms with E-state index in [1.54, 1.807) is 0 Å². The summed E-state index contributed by atoms with van der Waals surface area (Å²) < 4.78 is 0. The Morgan fingerprint density at radius 2 is 1.77 bits per heavy atom. The topological polar surface area (TPSA) is 20.2 Å². The highest BCUT2D eigenvalue weighted by molar-refractivity contribution is 4.97. The molecule has 0 amide bonds. The second-order valence-corrected chi connectivity index (χ2v) is 4.01. The lowest BCUT2D eigenvalue weighted by molar-refractivity contribution is 0.207. The van der Waals surface area contributed by atoms with E-state index in [9.17, 15) is 5.11 Å². The number of hydrogen-bond donors (Lipinski definition) is 1. The summed E-state index contributed by atoms with van der Waals surface area (Å²) in [5.41, 5.74) is 1.21. The quantitative estimate of drug-likeness (QED) is 0.473. The number of hydrogen-bond acceptors (Lipinski definition) is 1. The van der Waals surface area contributed by atoms with Gasteiger partial charge in [0.1, 0.15) is 0 Å². The maximum atomic E-state index is 9.50. The first-order chi connectivity index (χ1) is 6.16. The van der Waals surface area contributed by atoms with Crippen molar-refractivity contribution in [1.29, 1.82) is 0 Å². The molecule has 0 aliphatic heterocycles. The second kappa shape index (κ2) is 8.31. The Balaban J connectivity index is 3.27. The third kappa shape index (κ3) is 9.62. The molecule has 0 aromatic rings. The van der Waals surface area contributed by atoms with Gasteiger partial charge in [0.15, 0.2) is 0 Å². The van der Waals surface area contributed by atoms with Crippen LogP contribution >= 0.6 is 0 Å². The Bertz CT molecular complexity index is 134. The summed E-state index contributed by atoms with van der Waals surface area (Å²) in [6.45, 7) is 6.28. The summed E-state index contributed by atoms with van der Waals surface area (Å²) in [6, 6.07) is 0. The molecule has 78 valence electrons. The molecule has 0 aliphatic carbocycles. The third-order valence-electron chi connectivity index (χ3n) is 2.13. The highest BCUT2D eigenvalue weighted by Gasteiger charge is 1.98. The number of unbranched alkanes of at least 4 members (excludes halogenated alkanes) is 4. The van der Waals surface area contributed by atoms with Crippen LogP contribution in [0.25, 0.3) is 0 Å². The highest BCUT2D eigenvalue weighted by atomic mass is 16.3. The van der Waals surface area contributed by atoms with Crippen molar-refractivity contribution >= 4 is 0 Å². The normalized spacial score (nSPS) is 12.6. The van der Waals surface area contributed by atoms with Gasteiger partial charge in [0.2, 0.25) is 0 Å². The van der Waals surface area contributed by atoms with Gasteiger partial charge in [-0.3, -0.25) is 0 Å². The lowest BCUT2D eigenvalue weighted by atomic mass is 10.1. The molecule has 0 aromatic heterocycles. The first-order valence-corrected chi connectivity index (χ1v) is 5.50. The summed E-state index contributed by atoms with van der Waals surface area (Å²) >= 11 is 0. The maximum absolute atomic E-state index is 9.50. The minimum Gasteiger partial charge on any atom is -0.389 e. The van der Waals surface area contributed by atoms with Gasteiger partial charge in [-0.25, -0.2) is 0 Å². The monoisotopic (exact) mass is 184 g/mol. The van der Waals surface area contributed by atoms with Crippen LogP contribution < -0.4 is 0 Å². The molecule has 0 bridgehead atoms. The molecule has 1 atom stereocenters. The van der Waals surface area contributed by atoms with E-state index in [4.69, 9.17) is 0 Å². The van der Waals surface area contributed by atoms with Crippen molar-refractivity contribution in [3.8, 4) is 0 Å². The lowest BCUT2D eigenvalue weighted by Gasteiger charge is -2.05. The van der Waals surface area contributed by atoms with E-state index in [-0.39, 0.29) is 6.10 Å². The molecule has 1 N–H and O–H groups in total. The molecule has 1 heteroatoms. The molecule has 0 aliphatic rings. The molecule has 0 spiro atoms. The molecule has 0 heterocycles. The van der Waals surface area contributed by atoms with Gasteiger partial charge in [0, 0.05) is 0 Å². The summed E-state index contributed by atoms with van der Waals surface area (Å²) in [7, 11) is 0. The van der Waals surface area contributed by atoms with Gasteiger partial charge in [0.05, 0.1) is 6.10 Å². The molecule has 1 unspecified atom stereocenters. The molecule has 0 saturated carbocycles. The Morgan fingerprint density at radius 3 is 2.31 bits per heavy atom. The molecule has 13 heavy (non-hydrogen) atoms. The third-order valence-corrected chi connectivity index (χ3v) is 2.13. The van der Waals surface area contributed by atoms with E-state index in [1.165, 1.54) is 31.3 Å². The molecule has 0 saturated heterocycles. The fraction of sp³-hybridized carbons (Fsp3) is 0.833. The maximum Gasteiger partial charge on any atom is 0.0723 e. The Labute approximate surface area is 82.9 Å². The van der Waals surface area contributed by atoms with Gasteiger partial charge in [-0.2, -0.15) is 0 Å². The van der Waals surface area contributed by atoms with Crippen LogP contribution in [0, 0.1) is 0 Å². The molecule has 0 radical (unpaired) electrons.